The molecule has 1 saturated heterocycles. The fourth-order valence-corrected chi connectivity index (χ4v) is 2.12. The van der Waals surface area contributed by atoms with Crippen molar-refractivity contribution in [2.45, 2.75) is 19.4 Å². The molecule has 0 bridgehead atoms. The van der Waals surface area contributed by atoms with Crippen LogP contribution in [-0.2, 0) is 4.74 Å². The fraction of sp³-hybridized carbons (Fsp3) is 0.545. The molecule has 1 fully saturated rings. The summed E-state index contributed by atoms with van der Waals surface area (Å²) in [6, 6.07) is 4.18. The van der Waals surface area contributed by atoms with Gasteiger partial charge in [-0.05, 0) is 25.0 Å². The average molecular weight is 207 g/mol. The van der Waals surface area contributed by atoms with Crippen LogP contribution in [0.25, 0.3) is 0 Å². The summed E-state index contributed by atoms with van der Waals surface area (Å²) in [5.41, 5.74) is 5.09. The summed E-state index contributed by atoms with van der Waals surface area (Å²) in [4.78, 5) is 4.28. The Morgan fingerprint density at radius 2 is 2.53 bits per heavy atom. The highest BCUT2D eigenvalue weighted by atomic mass is 16.5. The monoisotopic (exact) mass is 207 g/mol. The number of hydrogen-bond donors (Lipinski definition) is 2. The molecular formula is C11H17N3O. The molecule has 15 heavy (non-hydrogen) atoms. The Morgan fingerprint density at radius 1 is 1.67 bits per heavy atom. The van der Waals surface area contributed by atoms with Gasteiger partial charge in [0.05, 0.1) is 12.6 Å². The second-order valence-corrected chi connectivity index (χ2v) is 3.95. The molecule has 4 nitrogen and oxygen atoms in total. The van der Waals surface area contributed by atoms with Crippen LogP contribution >= 0.6 is 0 Å². The van der Waals surface area contributed by atoms with Gasteiger partial charge in [0, 0.05) is 24.4 Å². The van der Waals surface area contributed by atoms with Crippen molar-refractivity contribution in [3.8, 4) is 0 Å². The summed E-state index contributed by atoms with van der Waals surface area (Å²) in [5, 5.41) is 0. The normalized spacial score (nSPS) is 22.9. The predicted molar refractivity (Wildman–Crippen MR) is 58.0 cm³/mol. The lowest BCUT2D eigenvalue weighted by molar-refractivity contribution is 0.176. The summed E-state index contributed by atoms with van der Waals surface area (Å²) in [5.74, 6) is 6.08. The summed E-state index contributed by atoms with van der Waals surface area (Å²) >= 11 is 0. The van der Waals surface area contributed by atoms with Crippen LogP contribution in [-0.4, -0.2) is 18.2 Å². The molecule has 1 aromatic rings. The molecule has 0 amide bonds. The number of hydrazine groups is 1. The number of nitrogens with zero attached hydrogens (tertiary/aromatic N) is 1. The van der Waals surface area contributed by atoms with Crippen molar-refractivity contribution in [1.82, 2.24) is 10.4 Å². The summed E-state index contributed by atoms with van der Waals surface area (Å²) in [6.45, 7) is 3.63. The quantitative estimate of drug-likeness (QED) is 0.572. The van der Waals surface area contributed by atoms with Gasteiger partial charge in [0.2, 0.25) is 0 Å². The first-order valence-corrected chi connectivity index (χ1v) is 5.28. The van der Waals surface area contributed by atoms with Crippen molar-refractivity contribution in [1.29, 1.82) is 0 Å². The first-order valence-electron chi connectivity index (χ1n) is 5.28. The minimum atomic E-state index is 0.154. The zero-order chi connectivity index (χ0) is 10.7. The summed E-state index contributed by atoms with van der Waals surface area (Å²) in [7, 11) is 0. The molecule has 0 aromatic carbocycles. The maximum absolute atomic E-state index is 5.62. The van der Waals surface area contributed by atoms with Gasteiger partial charge in [-0.25, -0.2) is 0 Å². The second-order valence-electron chi connectivity index (χ2n) is 3.95. The summed E-state index contributed by atoms with van der Waals surface area (Å²) in [6.07, 6.45) is 2.86. The molecule has 3 N–H and O–H groups in total. The lowest BCUT2D eigenvalue weighted by Gasteiger charge is -2.22. The van der Waals surface area contributed by atoms with Crippen LogP contribution in [0.15, 0.2) is 18.3 Å². The number of ether oxygens (including phenoxy) is 1. The van der Waals surface area contributed by atoms with E-state index >= 15 is 0 Å². The van der Waals surface area contributed by atoms with Crippen LogP contribution in [0.1, 0.15) is 23.7 Å². The van der Waals surface area contributed by atoms with E-state index in [1.807, 2.05) is 13.0 Å². The van der Waals surface area contributed by atoms with Crippen molar-refractivity contribution in [2.24, 2.45) is 11.8 Å². The first-order chi connectivity index (χ1) is 7.33. The van der Waals surface area contributed by atoms with Crippen molar-refractivity contribution >= 4 is 0 Å². The Labute approximate surface area is 89.8 Å². The van der Waals surface area contributed by atoms with Crippen molar-refractivity contribution < 1.29 is 4.74 Å². The number of pyridine rings is 1. The van der Waals surface area contributed by atoms with Gasteiger partial charge >= 0.3 is 0 Å². The number of nitrogens with one attached hydrogen (secondary N) is 1. The van der Waals surface area contributed by atoms with Gasteiger partial charge in [0.1, 0.15) is 0 Å². The Morgan fingerprint density at radius 3 is 3.13 bits per heavy atom. The van der Waals surface area contributed by atoms with Crippen LogP contribution in [0.3, 0.4) is 0 Å². The third-order valence-electron chi connectivity index (χ3n) is 3.00. The first kappa shape index (κ1) is 10.5. The fourth-order valence-electron chi connectivity index (χ4n) is 2.12. The summed E-state index contributed by atoms with van der Waals surface area (Å²) < 4.78 is 5.39. The standard InChI is InChI=1S/C11H17N3O/c1-8-10(3-2-5-13-8)11(14-12)9-4-6-15-7-9/h2-3,5,9,11,14H,4,6-7,12H2,1H3. The minimum Gasteiger partial charge on any atom is -0.381 e. The predicted octanol–water partition coefficient (Wildman–Crippen LogP) is 0.931. The molecule has 1 aliphatic heterocycles. The lowest BCUT2D eigenvalue weighted by atomic mass is 9.92. The average Bonchev–Trinajstić information content (AvgIpc) is 2.75. The molecule has 1 aliphatic rings. The Bertz CT molecular complexity index is 323. The molecule has 0 radical (unpaired) electrons. The second kappa shape index (κ2) is 4.70. The molecule has 0 spiro atoms. The van der Waals surface area contributed by atoms with E-state index in [4.69, 9.17) is 10.6 Å². The zero-order valence-electron chi connectivity index (χ0n) is 8.94. The molecule has 1 aromatic heterocycles. The third-order valence-corrected chi connectivity index (χ3v) is 3.00. The van der Waals surface area contributed by atoms with Crippen LogP contribution in [0, 0.1) is 12.8 Å². The van der Waals surface area contributed by atoms with Crippen LogP contribution in [0.4, 0.5) is 0 Å². The van der Waals surface area contributed by atoms with Gasteiger partial charge in [0.15, 0.2) is 0 Å². The highest BCUT2D eigenvalue weighted by molar-refractivity contribution is 5.23. The molecule has 0 saturated carbocycles. The Hall–Kier alpha value is -0.970. The van der Waals surface area contributed by atoms with E-state index in [1.54, 1.807) is 6.20 Å². The smallest absolute Gasteiger partial charge is 0.0528 e. The van der Waals surface area contributed by atoms with Crippen LogP contribution in [0.5, 0.6) is 0 Å². The molecule has 4 heteroatoms. The zero-order valence-corrected chi connectivity index (χ0v) is 8.94. The van der Waals surface area contributed by atoms with E-state index in [-0.39, 0.29) is 6.04 Å². The Balaban J connectivity index is 2.22. The molecule has 2 heterocycles. The molecule has 0 aliphatic carbocycles. The van der Waals surface area contributed by atoms with E-state index in [2.05, 4.69) is 16.5 Å². The number of hydrogen-bond acceptors (Lipinski definition) is 4. The molecule has 2 atom stereocenters. The minimum absolute atomic E-state index is 0.154. The number of nitrogens with two attached hydrogens (primary N) is 1. The highest BCUT2D eigenvalue weighted by Gasteiger charge is 2.27. The van der Waals surface area contributed by atoms with Gasteiger partial charge in [-0.15, -0.1) is 0 Å². The lowest BCUT2D eigenvalue weighted by Crippen LogP contribution is -2.34. The van der Waals surface area contributed by atoms with E-state index < -0.39 is 0 Å². The maximum atomic E-state index is 5.62. The van der Waals surface area contributed by atoms with Crippen molar-refractivity contribution in [3.05, 3.63) is 29.6 Å². The largest absolute Gasteiger partial charge is 0.381 e. The number of aryl methyl sites for hydroxylation is 1. The Kier molecular flexibility index (Phi) is 3.30. The van der Waals surface area contributed by atoms with E-state index in [0.717, 1.165) is 25.3 Å². The van der Waals surface area contributed by atoms with Crippen LogP contribution in [0.2, 0.25) is 0 Å². The van der Waals surface area contributed by atoms with E-state index in [1.165, 1.54) is 5.56 Å². The molecule has 2 rings (SSSR count). The van der Waals surface area contributed by atoms with Crippen LogP contribution < -0.4 is 11.3 Å². The van der Waals surface area contributed by atoms with Crippen molar-refractivity contribution in [2.75, 3.05) is 13.2 Å². The maximum Gasteiger partial charge on any atom is 0.0528 e. The molecular weight excluding hydrogens is 190 g/mol. The van der Waals surface area contributed by atoms with Gasteiger partial charge in [0.25, 0.3) is 0 Å². The third kappa shape index (κ3) is 2.17. The van der Waals surface area contributed by atoms with E-state index in [0.29, 0.717) is 5.92 Å². The number of aromatic nitrogens is 1. The van der Waals surface area contributed by atoms with Crippen molar-refractivity contribution in [3.63, 3.8) is 0 Å². The molecule has 82 valence electrons. The van der Waals surface area contributed by atoms with Gasteiger partial charge in [-0.1, -0.05) is 6.07 Å². The van der Waals surface area contributed by atoms with Gasteiger partial charge in [-0.3, -0.25) is 16.3 Å². The number of rotatable bonds is 3. The van der Waals surface area contributed by atoms with E-state index in [9.17, 15) is 0 Å². The molecule has 2 unspecified atom stereocenters. The van der Waals surface area contributed by atoms with Gasteiger partial charge < -0.3 is 4.74 Å². The SMILES string of the molecule is Cc1ncccc1C(NN)C1CCOC1. The topological polar surface area (TPSA) is 60.2 Å². The van der Waals surface area contributed by atoms with Gasteiger partial charge in [-0.2, -0.15) is 0 Å². The highest BCUT2D eigenvalue weighted by Crippen LogP contribution is 2.29.